The van der Waals surface area contributed by atoms with Crippen molar-refractivity contribution in [1.82, 2.24) is 5.32 Å². The number of rotatable bonds is 8. The maximum Gasteiger partial charge on any atom is 0.000792 e. The molecule has 0 aromatic carbocycles. The van der Waals surface area contributed by atoms with E-state index in [0.717, 1.165) is 5.92 Å². The molecule has 1 N–H and O–H groups in total. The largest absolute Gasteiger partial charge is 0.316 e. The van der Waals surface area contributed by atoms with Crippen LogP contribution in [0.15, 0.2) is 0 Å². The second-order valence-corrected chi connectivity index (χ2v) is 6.46. The molecule has 0 bridgehead atoms. The number of hydrogen-bond acceptors (Lipinski definition) is 2. The molecule has 1 nitrogen and oxygen atoms in total. The van der Waals surface area contributed by atoms with E-state index in [0.29, 0.717) is 5.41 Å². The van der Waals surface area contributed by atoms with Crippen LogP contribution < -0.4 is 5.32 Å². The van der Waals surface area contributed by atoms with Crippen LogP contribution in [0.2, 0.25) is 0 Å². The summed E-state index contributed by atoms with van der Waals surface area (Å²) in [6.45, 7) is 7.02. The van der Waals surface area contributed by atoms with Crippen molar-refractivity contribution in [3.05, 3.63) is 0 Å². The van der Waals surface area contributed by atoms with Crippen LogP contribution in [0, 0.1) is 11.3 Å². The second kappa shape index (κ2) is 6.80. The molecular weight excluding hydrogens is 202 g/mol. The van der Waals surface area contributed by atoms with Crippen LogP contribution >= 0.6 is 11.8 Å². The van der Waals surface area contributed by atoms with Crippen LogP contribution in [-0.4, -0.2) is 25.1 Å². The van der Waals surface area contributed by atoms with Gasteiger partial charge in [0.15, 0.2) is 0 Å². The minimum Gasteiger partial charge on any atom is -0.316 e. The van der Waals surface area contributed by atoms with Crippen LogP contribution in [-0.2, 0) is 0 Å². The molecule has 0 aromatic heterocycles. The van der Waals surface area contributed by atoms with E-state index in [2.05, 4.69) is 25.4 Å². The first kappa shape index (κ1) is 13.4. The Bertz CT molecular complexity index is 164. The highest BCUT2D eigenvalue weighted by Gasteiger charge is 2.35. The molecule has 1 rings (SSSR count). The van der Waals surface area contributed by atoms with Crippen LogP contribution in [0.4, 0.5) is 0 Å². The summed E-state index contributed by atoms with van der Waals surface area (Å²) < 4.78 is 0. The summed E-state index contributed by atoms with van der Waals surface area (Å²) in [5.74, 6) is 2.12. The smallest absolute Gasteiger partial charge is 0.000792 e. The normalized spacial score (nSPS) is 19.2. The van der Waals surface area contributed by atoms with Gasteiger partial charge in [0, 0.05) is 6.54 Å². The average molecular weight is 229 g/mol. The molecule has 0 saturated heterocycles. The topological polar surface area (TPSA) is 12.0 Å². The predicted octanol–water partition coefficient (Wildman–Crippen LogP) is 3.55. The zero-order valence-electron chi connectivity index (χ0n) is 10.6. The maximum atomic E-state index is 3.65. The summed E-state index contributed by atoms with van der Waals surface area (Å²) in [7, 11) is 0. The summed E-state index contributed by atoms with van der Waals surface area (Å²) in [6, 6.07) is 0. The van der Waals surface area contributed by atoms with E-state index in [4.69, 9.17) is 0 Å². The number of nitrogens with one attached hydrogen (secondary N) is 1. The van der Waals surface area contributed by atoms with Crippen molar-refractivity contribution >= 4 is 11.8 Å². The first-order chi connectivity index (χ1) is 7.18. The molecule has 0 radical (unpaired) electrons. The SMILES string of the molecule is CSCCCC1(CNCC(C)C)CCC1. The third kappa shape index (κ3) is 4.78. The van der Waals surface area contributed by atoms with E-state index < -0.39 is 0 Å². The van der Waals surface area contributed by atoms with Gasteiger partial charge in [0.2, 0.25) is 0 Å². The Balaban J connectivity index is 2.15. The van der Waals surface area contributed by atoms with Gasteiger partial charge in [-0.25, -0.2) is 0 Å². The highest BCUT2D eigenvalue weighted by Crippen LogP contribution is 2.44. The van der Waals surface area contributed by atoms with Gasteiger partial charge in [0.1, 0.15) is 0 Å². The van der Waals surface area contributed by atoms with Crippen LogP contribution in [0.25, 0.3) is 0 Å². The van der Waals surface area contributed by atoms with Crippen LogP contribution in [0.5, 0.6) is 0 Å². The van der Waals surface area contributed by atoms with E-state index >= 15 is 0 Å². The molecule has 0 unspecified atom stereocenters. The molecule has 0 aromatic rings. The fraction of sp³-hybridized carbons (Fsp3) is 1.00. The molecule has 0 spiro atoms. The molecule has 0 heterocycles. The maximum absolute atomic E-state index is 3.65. The summed E-state index contributed by atoms with van der Waals surface area (Å²) in [5.41, 5.74) is 0.685. The Kier molecular flexibility index (Phi) is 6.06. The fourth-order valence-electron chi connectivity index (χ4n) is 2.41. The second-order valence-electron chi connectivity index (χ2n) is 5.47. The van der Waals surface area contributed by atoms with Gasteiger partial charge in [0.05, 0.1) is 0 Å². The Morgan fingerprint density at radius 2 is 2.07 bits per heavy atom. The summed E-state index contributed by atoms with van der Waals surface area (Å²) >= 11 is 1.99. The molecule has 0 aliphatic heterocycles. The van der Waals surface area contributed by atoms with Gasteiger partial charge in [-0.2, -0.15) is 11.8 Å². The van der Waals surface area contributed by atoms with Crippen molar-refractivity contribution in [2.75, 3.05) is 25.1 Å². The summed E-state index contributed by atoms with van der Waals surface area (Å²) in [5, 5.41) is 3.65. The lowest BCUT2D eigenvalue weighted by molar-refractivity contribution is 0.115. The molecule has 1 fully saturated rings. The minimum atomic E-state index is 0.685. The van der Waals surface area contributed by atoms with E-state index in [-0.39, 0.29) is 0 Å². The number of thioether (sulfide) groups is 1. The van der Waals surface area contributed by atoms with Crippen molar-refractivity contribution in [2.45, 2.75) is 46.0 Å². The van der Waals surface area contributed by atoms with Crippen molar-refractivity contribution in [2.24, 2.45) is 11.3 Å². The van der Waals surface area contributed by atoms with E-state index in [9.17, 15) is 0 Å². The van der Waals surface area contributed by atoms with Gasteiger partial charge >= 0.3 is 0 Å². The van der Waals surface area contributed by atoms with Crippen LogP contribution in [0.3, 0.4) is 0 Å². The van der Waals surface area contributed by atoms with Gasteiger partial charge in [0.25, 0.3) is 0 Å². The fourth-order valence-corrected chi connectivity index (χ4v) is 2.84. The van der Waals surface area contributed by atoms with Gasteiger partial charge in [-0.05, 0) is 55.6 Å². The van der Waals surface area contributed by atoms with Gasteiger partial charge in [-0.3, -0.25) is 0 Å². The Morgan fingerprint density at radius 3 is 2.53 bits per heavy atom. The average Bonchev–Trinajstić information content (AvgIpc) is 2.12. The van der Waals surface area contributed by atoms with E-state index in [1.807, 2.05) is 11.8 Å². The molecule has 1 aliphatic rings. The number of hydrogen-bond donors (Lipinski definition) is 1. The standard InChI is InChI=1S/C13H27NS/c1-12(2)10-14-11-13(6-4-7-13)8-5-9-15-3/h12,14H,4-11H2,1-3H3. The lowest BCUT2D eigenvalue weighted by atomic mass is 9.66. The van der Waals surface area contributed by atoms with Crippen molar-refractivity contribution in [3.63, 3.8) is 0 Å². The van der Waals surface area contributed by atoms with Crippen molar-refractivity contribution in [3.8, 4) is 0 Å². The van der Waals surface area contributed by atoms with Gasteiger partial charge < -0.3 is 5.32 Å². The van der Waals surface area contributed by atoms with Gasteiger partial charge in [-0.15, -0.1) is 0 Å². The van der Waals surface area contributed by atoms with Crippen molar-refractivity contribution in [1.29, 1.82) is 0 Å². The zero-order chi connectivity index (χ0) is 11.1. The van der Waals surface area contributed by atoms with E-state index in [1.165, 1.54) is 50.9 Å². The molecule has 0 amide bonds. The lowest BCUT2D eigenvalue weighted by Crippen LogP contribution is -2.41. The third-order valence-electron chi connectivity index (χ3n) is 3.52. The summed E-state index contributed by atoms with van der Waals surface area (Å²) in [4.78, 5) is 0. The monoisotopic (exact) mass is 229 g/mol. The molecule has 0 atom stereocenters. The zero-order valence-corrected chi connectivity index (χ0v) is 11.5. The Hall–Kier alpha value is 0.310. The molecular formula is C13H27NS. The molecule has 90 valence electrons. The Morgan fingerprint density at radius 1 is 1.33 bits per heavy atom. The highest BCUT2D eigenvalue weighted by molar-refractivity contribution is 7.98. The predicted molar refractivity (Wildman–Crippen MR) is 71.6 cm³/mol. The molecule has 15 heavy (non-hydrogen) atoms. The molecule has 1 aliphatic carbocycles. The summed E-state index contributed by atoms with van der Waals surface area (Å²) in [6.07, 6.45) is 9.45. The first-order valence-corrected chi connectivity index (χ1v) is 7.78. The van der Waals surface area contributed by atoms with Crippen molar-refractivity contribution < 1.29 is 0 Å². The van der Waals surface area contributed by atoms with E-state index in [1.54, 1.807) is 0 Å². The lowest BCUT2D eigenvalue weighted by Gasteiger charge is -2.42. The molecule has 1 saturated carbocycles. The van der Waals surface area contributed by atoms with Gasteiger partial charge in [-0.1, -0.05) is 20.3 Å². The molecule has 2 heteroatoms. The highest BCUT2D eigenvalue weighted by atomic mass is 32.2. The third-order valence-corrected chi connectivity index (χ3v) is 4.22. The van der Waals surface area contributed by atoms with Crippen LogP contribution in [0.1, 0.15) is 46.0 Å². The Labute approximate surface area is 99.8 Å². The first-order valence-electron chi connectivity index (χ1n) is 6.38. The minimum absolute atomic E-state index is 0.685. The quantitative estimate of drug-likeness (QED) is 0.639.